The second-order valence-corrected chi connectivity index (χ2v) is 4.81. The first kappa shape index (κ1) is 14.3. The third kappa shape index (κ3) is 3.08. The fraction of sp³-hybridized carbons (Fsp3) is 0.278. The Bertz CT molecular complexity index is 589. The maximum atomic E-state index is 12.2. The standard InChI is InChI=1S/C18H21NO/c1-3-9-14-10-5-6-11-15(14)16-12-7-8-13-17(16)18(20)19-4-2/h5-8,10-13H,3-4,9H2,1-2H3,(H,19,20). The van der Waals surface area contributed by atoms with Crippen molar-refractivity contribution in [3.63, 3.8) is 0 Å². The normalized spacial score (nSPS) is 10.3. The molecule has 0 atom stereocenters. The minimum atomic E-state index is -0.00518. The van der Waals surface area contributed by atoms with E-state index in [1.54, 1.807) is 0 Å². The van der Waals surface area contributed by atoms with Crippen LogP contribution < -0.4 is 5.32 Å². The Morgan fingerprint density at radius 2 is 1.60 bits per heavy atom. The fourth-order valence-corrected chi connectivity index (χ4v) is 2.44. The SMILES string of the molecule is CCCc1ccccc1-c1ccccc1C(=O)NCC. The molecule has 0 fully saturated rings. The summed E-state index contributed by atoms with van der Waals surface area (Å²) in [6.07, 6.45) is 2.13. The molecule has 2 heteroatoms. The molecule has 0 spiro atoms. The van der Waals surface area contributed by atoms with Gasteiger partial charge in [-0.1, -0.05) is 55.8 Å². The van der Waals surface area contributed by atoms with Gasteiger partial charge in [-0.2, -0.15) is 0 Å². The van der Waals surface area contributed by atoms with Gasteiger partial charge in [-0.25, -0.2) is 0 Å². The molecule has 0 heterocycles. The average Bonchev–Trinajstić information content (AvgIpc) is 2.48. The van der Waals surface area contributed by atoms with Gasteiger partial charge in [0.15, 0.2) is 0 Å². The van der Waals surface area contributed by atoms with Crippen LogP contribution in [-0.4, -0.2) is 12.5 Å². The summed E-state index contributed by atoms with van der Waals surface area (Å²) in [5.41, 5.74) is 4.23. The summed E-state index contributed by atoms with van der Waals surface area (Å²) in [5, 5.41) is 2.88. The van der Waals surface area contributed by atoms with Crippen molar-refractivity contribution < 1.29 is 4.79 Å². The lowest BCUT2D eigenvalue weighted by molar-refractivity contribution is 0.0956. The molecule has 0 aliphatic rings. The van der Waals surface area contributed by atoms with E-state index in [2.05, 4.69) is 30.4 Å². The van der Waals surface area contributed by atoms with Crippen LogP contribution in [0.15, 0.2) is 48.5 Å². The Kier molecular flexibility index (Phi) is 4.94. The maximum Gasteiger partial charge on any atom is 0.251 e. The van der Waals surface area contributed by atoms with Gasteiger partial charge < -0.3 is 5.32 Å². The van der Waals surface area contributed by atoms with Gasteiger partial charge in [-0.3, -0.25) is 4.79 Å². The van der Waals surface area contributed by atoms with E-state index >= 15 is 0 Å². The zero-order valence-electron chi connectivity index (χ0n) is 12.1. The van der Waals surface area contributed by atoms with Gasteiger partial charge in [0.05, 0.1) is 0 Å². The number of nitrogens with one attached hydrogen (secondary N) is 1. The Balaban J connectivity index is 2.50. The molecule has 2 nitrogen and oxygen atoms in total. The van der Waals surface area contributed by atoms with Gasteiger partial charge in [0.1, 0.15) is 0 Å². The molecule has 0 radical (unpaired) electrons. The van der Waals surface area contributed by atoms with Gasteiger partial charge in [-0.15, -0.1) is 0 Å². The van der Waals surface area contributed by atoms with Gasteiger partial charge in [0.25, 0.3) is 5.91 Å². The van der Waals surface area contributed by atoms with E-state index in [0.717, 1.165) is 29.5 Å². The lowest BCUT2D eigenvalue weighted by atomic mass is 9.93. The fourth-order valence-electron chi connectivity index (χ4n) is 2.44. The molecule has 0 bridgehead atoms. The maximum absolute atomic E-state index is 12.2. The van der Waals surface area contributed by atoms with Crippen LogP contribution in [-0.2, 0) is 6.42 Å². The number of carbonyl (C=O) groups is 1. The van der Waals surface area contributed by atoms with E-state index in [9.17, 15) is 4.79 Å². The summed E-state index contributed by atoms with van der Waals surface area (Å²) in [6.45, 7) is 4.75. The summed E-state index contributed by atoms with van der Waals surface area (Å²) in [4.78, 5) is 12.2. The molecule has 1 N–H and O–H groups in total. The van der Waals surface area contributed by atoms with Crippen LogP contribution in [0.5, 0.6) is 0 Å². The average molecular weight is 267 g/mol. The van der Waals surface area contributed by atoms with E-state index in [1.165, 1.54) is 5.56 Å². The second kappa shape index (κ2) is 6.90. The molecule has 0 unspecified atom stereocenters. The van der Waals surface area contributed by atoms with E-state index in [1.807, 2.05) is 37.3 Å². The summed E-state index contributed by atoms with van der Waals surface area (Å²) < 4.78 is 0. The lowest BCUT2D eigenvalue weighted by Crippen LogP contribution is -2.23. The third-order valence-electron chi connectivity index (χ3n) is 3.34. The highest BCUT2D eigenvalue weighted by Gasteiger charge is 2.13. The number of amides is 1. The summed E-state index contributed by atoms with van der Waals surface area (Å²) in [7, 11) is 0. The number of carbonyl (C=O) groups excluding carboxylic acids is 1. The highest BCUT2D eigenvalue weighted by Crippen LogP contribution is 2.28. The Labute approximate surface area is 120 Å². The molecule has 104 valence electrons. The molecule has 0 saturated carbocycles. The smallest absolute Gasteiger partial charge is 0.251 e. The number of benzene rings is 2. The van der Waals surface area contributed by atoms with Crippen LogP contribution in [0.1, 0.15) is 36.2 Å². The first-order valence-corrected chi connectivity index (χ1v) is 7.23. The number of hydrogen-bond acceptors (Lipinski definition) is 1. The van der Waals surface area contributed by atoms with Crippen molar-refractivity contribution in [2.45, 2.75) is 26.7 Å². The van der Waals surface area contributed by atoms with Crippen LogP contribution in [0.4, 0.5) is 0 Å². The van der Waals surface area contributed by atoms with Gasteiger partial charge in [0.2, 0.25) is 0 Å². The highest BCUT2D eigenvalue weighted by molar-refractivity contribution is 6.01. The molecule has 2 aromatic rings. The molecule has 2 rings (SSSR count). The number of rotatable bonds is 5. The zero-order valence-corrected chi connectivity index (χ0v) is 12.1. The van der Waals surface area contributed by atoms with Gasteiger partial charge in [-0.05, 0) is 36.1 Å². The quantitative estimate of drug-likeness (QED) is 0.869. The Morgan fingerprint density at radius 1 is 0.950 bits per heavy atom. The largest absolute Gasteiger partial charge is 0.352 e. The third-order valence-corrected chi connectivity index (χ3v) is 3.34. The summed E-state index contributed by atoms with van der Waals surface area (Å²) in [5.74, 6) is -0.00518. The lowest BCUT2D eigenvalue weighted by Gasteiger charge is -2.13. The van der Waals surface area contributed by atoms with Crippen molar-refractivity contribution in [2.24, 2.45) is 0 Å². The second-order valence-electron chi connectivity index (χ2n) is 4.81. The highest BCUT2D eigenvalue weighted by atomic mass is 16.1. The number of aryl methyl sites for hydroxylation is 1. The van der Waals surface area contributed by atoms with Crippen molar-refractivity contribution in [3.8, 4) is 11.1 Å². The Morgan fingerprint density at radius 3 is 2.30 bits per heavy atom. The van der Waals surface area contributed by atoms with Crippen LogP contribution in [0.3, 0.4) is 0 Å². The minimum Gasteiger partial charge on any atom is -0.352 e. The molecular formula is C18H21NO. The summed E-state index contributed by atoms with van der Waals surface area (Å²) in [6, 6.07) is 16.2. The van der Waals surface area contributed by atoms with Crippen LogP contribution in [0.2, 0.25) is 0 Å². The van der Waals surface area contributed by atoms with Crippen molar-refractivity contribution in [2.75, 3.05) is 6.54 Å². The van der Waals surface area contributed by atoms with Crippen LogP contribution in [0, 0.1) is 0 Å². The zero-order chi connectivity index (χ0) is 14.4. The molecule has 20 heavy (non-hydrogen) atoms. The number of hydrogen-bond donors (Lipinski definition) is 1. The van der Waals surface area contributed by atoms with Crippen LogP contribution >= 0.6 is 0 Å². The molecule has 0 aliphatic carbocycles. The first-order chi connectivity index (χ1) is 9.77. The van der Waals surface area contributed by atoms with E-state index in [-0.39, 0.29) is 5.91 Å². The summed E-state index contributed by atoms with van der Waals surface area (Å²) >= 11 is 0. The topological polar surface area (TPSA) is 29.1 Å². The van der Waals surface area contributed by atoms with Crippen molar-refractivity contribution >= 4 is 5.91 Å². The van der Waals surface area contributed by atoms with E-state index in [0.29, 0.717) is 6.54 Å². The molecule has 0 aromatic heterocycles. The molecule has 2 aromatic carbocycles. The van der Waals surface area contributed by atoms with Crippen molar-refractivity contribution in [3.05, 3.63) is 59.7 Å². The molecule has 1 amide bonds. The van der Waals surface area contributed by atoms with Crippen molar-refractivity contribution in [1.82, 2.24) is 5.32 Å². The predicted octanol–water partition coefficient (Wildman–Crippen LogP) is 4.06. The Hall–Kier alpha value is -2.09. The van der Waals surface area contributed by atoms with Crippen LogP contribution in [0.25, 0.3) is 11.1 Å². The predicted molar refractivity (Wildman–Crippen MR) is 83.9 cm³/mol. The molecule has 0 saturated heterocycles. The minimum absolute atomic E-state index is 0.00518. The molecular weight excluding hydrogens is 246 g/mol. The van der Waals surface area contributed by atoms with Gasteiger partial charge in [0, 0.05) is 12.1 Å². The molecule has 0 aliphatic heterocycles. The van der Waals surface area contributed by atoms with Gasteiger partial charge >= 0.3 is 0 Å². The first-order valence-electron chi connectivity index (χ1n) is 7.23. The van der Waals surface area contributed by atoms with E-state index < -0.39 is 0 Å². The monoisotopic (exact) mass is 267 g/mol. The van der Waals surface area contributed by atoms with E-state index in [4.69, 9.17) is 0 Å². The van der Waals surface area contributed by atoms with Crippen molar-refractivity contribution in [1.29, 1.82) is 0 Å².